The molecule has 1 aliphatic heterocycles. The van der Waals surface area contributed by atoms with E-state index in [9.17, 15) is 22.7 Å². The number of urea groups is 1. The third kappa shape index (κ3) is 6.90. The number of benzene rings is 2. The summed E-state index contributed by atoms with van der Waals surface area (Å²) in [7, 11) is -2.29. The molecule has 0 radical (unpaired) electrons. The minimum absolute atomic E-state index is 0.0231. The number of likely N-dealkylation sites (N-methyl/N-ethyl adjacent to an activating group) is 1. The van der Waals surface area contributed by atoms with Crippen molar-refractivity contribution in [3.05, 3.63) is 59.4 Å². The second-order valence-electron chi connectivity index (χ2n) is 10.5. The van der Waals surface area contributed by atoms with Crippen molar-refractivity contribution < 1.29 is 27.4 Å². The number of nitrogens with one attached hydrogen (secondary N) is 1. The number of hydrogen-bond donors (Lipinski definition) is 2. The molecule has 8 nitrogen and oxygen atoms in total. The number of sulfonamides is 1. The molecule has 0 bridgehead atoms. The van der Waals surface area contributed by atoms with Crippen LogP contribution in [0.4, 0.5) is 9.18 Å². The second-order valence-corrected chi connectivity index (χ2v) is 12.3. The number of amides is 2. The van der Waals surface area contributed by atoms with Crippen LogP contribution in [-0.2, 0) is 10.0 Å². The van der Waals surface area contributed by atoms with E-state index < -0.39 is 22.2 Å². The summed E-state index contributed by atoms with van der Waals surface area (Å²) in [4.78, 5) is 14.4. The van der Waals surface area contributed by atoms with Crippen molar-refractivity contribution in [1.82, 2.24) is 14.5 Å². The van der Waals surface area contributed by atoms with Gasteiger partial charge < -0.3 is 20.1 Å². The maximum Gasteiger partial charge on any atom is 0.317 e. The SMILES string of the molecule is C[C@H]1CN([C@@H](C)CO)S(=O)(=O)c2ccc(C#Cc3ccc(F)cc3)cc2O[C@@H]1CN(C)C(=O)NC1CCCC1. The Morgan fingerprint density at radius 2 is 1.82 bits per heavy atom. The van der Waals surface area contributed by atoms with Crippen LogP contribution < -0.4 is 10.1 Å². The van der Waals surface area contributed by atoms with E-state index in [1.54, 1.807) is 43.1 Å². The van der Waals surface area contributed by atoms with Gasteiger partial charge in [-0.15, -0.1) is 0 Å². The molecule has 1 aliphatic carbocycles. The molecule has 0 aromatic heterocycles. The maximum absolute atomic E-state index is 13.7. The first kappa shape index (κ1) is 28.9. The van der Waals surface area contributed by atoms with Crippen LogP contribution in [0.15, 0.2) is 47.4 Å². The quantitative estimate of drug-likeness (QED) is 0.548. The van der Waals surface area contributed by atoms with Gasteiger partial charge in [0.25, 0.3) is 0 Å². The number of carbonyl (C=O) groups excluding carboxylic acids is 1. The fourth-order valence-electron chi connectivity index (χ4n) is 4.91. The van der Waals surface area contributed by atoms with Gasteiger partial charge in [-0.2, -0.15) is 4.31 Å². The Morgan fingerprint density at radius 1 is 1.18 bits per heavy atom. The molecule has 4 rings (SSSR count). The van der Waals surface area contributed by atoms with Gasteiger partial charge in [0, 0.05) is 42.7 Å². The molecule has 1 saturated carbocycles. The molecule has 3 atom stereocenters. The summed E-state index contributed by atoms with van der Waals surface area (Å²) in [6.45, 7) is 3.57. The standard InChI is InChI=1S/C29H36FN3O5S/c1-20-17-33(21(2)19-34)39(36,37)28-15-12-23(9-8-22-10-13-24(30)14-11-22)16-26(28)38-27(20)18-32(3)29(35)31-25-6-4-5-7-25/h10-16,20-21,25,27,34H,4-7,17-19H2,1-3H3,(H,31,35)/t20-,21-,27+/m0/s1. The van der Waals surface area contributed by atoms with Crippen molar-refractivity contribution >= 4 is 16.1 Å². The number of fused-ring (bicyclic) bond motifs is 1. The smallest absolute Gasteiger partial charge is 0.317 e. The Kier molecular flexibility index (Phi) is 9.15. The highest BCUT2D eigenvalue weighted by Gasteiger charge is 2.38. The average Bonchev–Trinajstić information content (AvgIpc) is 3.42. The van der Waals surface area contributed by atoms with E-state index in [2.05, 4.69) is 17.2 Å². The van der Waals surface area contributed by atoms with Gasteiger partial charge in [0.2, 0.25) is 10.0 Å². The topological polar surface area (TPSA) is 99.2 Å². The van der Waals surface area contributed by atoms with Crippen LogP contribution in [0.5, 0.6) is 5.75 Å². The van der Waals surface area contributed by atoms with Gasteiger partial charge in [0.15, 0.2) is 0 Å². The van der Waals surface area contributed by atoms with Crippen LogP contribution in [-0.4, -0.2) is 73.7 Å². The first-order chi connectivity index (χ1) is 18.6. The second kappa shape index (κ2) is 12.4. The zero-order valence-corrected chi connectivity index (χ0v) is 23.4. The Balaban J connectivity index is 1.66. The van der Waals surface area contributed by atoms with Crippen LogP contribution in [0, 0.1) is 23.6 Å². The van der Waals surface area contributed by atoms with Crippen molar-refractivity contribution in [3.8, 4) is 17.6 Å². The number of aliphatic hydroxyl groups excluding tert-OH is 1. The number of hydrogen-bond acceptors (Lipinski definition) is 5. The molecule has 2 amide bonds. The summed E-state index contributed by atoms with van der Waals surface area (Å²) in [6, 6.07) is 9.74. The lowest BCUT2D eigenvalue weighted by Crippen LogP contribution is -2.51. The fourth-order valence-corrected chi connectivity index (χ4v) is 6.73. The Bertz CT molecular complexity index is 1330. The van der Waals surface area contributed by atoms with Crippen molar-refractivity contribution in [2.75, 3.05) is 26.7 Å². The minimum atomic E-state index is -3.99. The predicted molar refractivity (Wildman–Crippen MR) is 146 cm³/mol. The number of ether oxygens (including phenoxy) is 1. The summed E-state index contributed by atoms with van der Waals surface area (Å²) in [5.74, 6) is 5.43. The number of aliphatic hydroxyl groups is 1. The minimum Gasteiger partial charge on any atom is -0.487 e. The lowest BCUT2D eigenvalue weighted by molar-refractivity contribution is 0.0808. The molecule has 1 fully saturated rings. The van der Waals surface area contributed by atoms with Gasteiger partial charge in [-0.1, -0.05) is 31.6 Å². The van der Waals surface area contributed by atoms with E-state index in [-0.39, 0.29) is 54.1 Å². The number of halogens is 1. The fraction of sp³-hybridized carbons (Fsp3) is 0.483. The molecule has 2 aromatic rings. The van der Waals surface area contributed by atoms with Gasteiger partial charge >= 0.3 is 6.03 Å². The van der Waals surface area contributed by atoms with Crippen LogP contribution in [0.1, 0.15) is 50.7 Å². The van der Waals surface area contributed by atoms with Crippen LogP contribution >= 0.6 is 0 Å². The number of carbonyl (C=O) groups is 1. The number of rotatable bonds is 5. The molecule has 0 spiro atoms. The highest BCUT2D eigenvalue weighted by atomic mass is 32.2. The van der Waals surface area contributed by atoms with Gasteiger partial charge in [-0.05, 0) is 62.2 Å². The van der Waals surface area contributed by atoms with E-state index in [0.717, 1.165) is 25.7 Å². The molecule has 2 N–H and O–H groups in total. The van der Waals surface area contributed by atoms with E-state index in [0.29, 0.717) is 11.1 Å². The zero-order chi connectivity index (χ0) is 28.2. The zero-order valence-electron chi connectivity index (χ0n) is 22.6. The van der Waals surface area contributed by atoms with E-state index in [1.165, 1.54) is 22.5 Å². The summed E-state index contributed by atoms with van der Waals surface area (Å²) < 4.78 is 48.2. The average molecular weight is 558 g/mol. The molecule has 2 aliphatic rings. The van der Waals surface area contributed by atoms with E-state index >= 15 is 0 Å². The highest BCUT2D eigenvalue weighted by molar-refractivity contribution is 7.89. The Morgan fingerprint density at radius 3 is 2.49 bits per heavy atom. The summed E-state index contributed by atoms with van der Waals surface area (Å²) in [5, 5.41) is 12.9. The summed E-state index contributed by atoms with van der Waals surface area (Å²) in [6.07, 6.45) is 3.63. The van der Waals surface area contributed by atoms with Crippen molar-refractivity contribution in [3.63, 3.8) is 0 Å². The Hall–Kier alpha value is -3.13. The maximum atomic E-state index is 13.7. The van der Waals surface area contributed by atoms with Crippen molar-refractivity contribution in [2.24, 2.45) is 5.92 Å². The van der Waals surface area contributed by atoms with Gasteiger partial charge in [0.05, 0.1) is 13.2 Å². The first-order valence-electron chi connectivity index (χ1n) is 13.3. The van der Waals surface area contributed by atoms with Crippen LogP contribution in [0.25, 0.3) is 0 Å². The monoisotopic (exact) mass is 557 g/mol. The van der Waals surface area contributed by atoms with E-state index in [1.807, 2.05) is 6.92 Å². The molecule has 10 heteroatoms. The normalized spacial score (nSPS) is 21.9. The molecule has 39 heavy (non-hydrogen) atoms. The van der Waals surface area contributed by atoms with Crippen molar-refractivity contribution in [1.29, 1.82) is 0 Å². The molecular weight excluding hydrogens is 521 g/mol. The molecule has 1 heterocycles. The van der Waals surface area contributed by atoms with Crippen LogP contribution in [0.2, 0.25) is 0 Å². The highest BCUT2D eigenvalue weighted by Crippen LogP contribution is 2.34. The van der Waals surface area contributed by atoms with Gasteiger partial charge in [-0.3, -0.25) is 0 Å². The lowest BCUT2D eigenvalue weighted by Gasteiger charge is -2.37. The van der Waals surface area contributed by atoms with Crippen LogP contribution in [0.3, 0.4) is 0 Å². The van der Waals surface area contributed by atoms with Crippen molar-refractivity contribution in [2.45, 2.75) is 62.6 Å². The third-order valence-electron chi connectivity index (χ3n) is 7.35. The molecule has 0 saturated heterocycles. The largest absolute Gasteiger partial charge is 0.487 e. The Labute approximate surface area is 230 Å². The molecule has 0 unspecified atom stereocenters. The lowest BCUT2D eigenvalue weighted by atomic mass is 10.0. The van der Waals surface area contributed by atoms with Gasteiger partial charge in [-0.25, -0.2) is 17.6 Å². The summed E-state index contributed by atoms with van der Waals surface area (Å²) in [5.41, 5.74) is 1.13. The molecular formula is C29H36FN3O5S. The first-order valence-corrected chi connectivity index (χ1v) is 14.7. The molecule has 2 aromatic carbocycles. The number of nitrogens with zero attached hydrogens (tertiary/aromatic N) is 2. The molecule has 210 valence electrons. The van der Waals surface area contributed by atoms with Gasteiger partial charge in [0.1, 0.15) is 22.6 Å². The summed E-state index contributed by atoms with van der Waals surface area (Å²) >= 11 is 0. The third-order valence-corrected chi connectivity index (χ3v) is 9.37. The van der Waals surface area contributed by atoms with E-state index in [4.69, 9.17) is 4.74 Å². The predicted octanol–water partition coefficient (Wildman–Crippen LogP) is 3.58.